The van der Waals surface area contributed by atoms with Crippen LogP contribution in [0.1, 0.15) is 6.42 Å². The molecule has 3 nitrogen and oxygen atoms in total. The second-order valence-corrected chi connectivity index (χ2v) is 4.00. The number of ether oxygens (including phenoxy) is 1. The van der Waals surface area contributed by atoms with Crippen molar-refractivity contribution in [3.05, 3.63) is 28.2 Å². The minimum atomic E-state index is -0.528. The first-order chi connectivity index (χ1) is 7.11. The molecule has 0 bridgehead atoms. The highest BCUT2D eigenvalue weighted by atomic mass is 35.5. The number of nitrogens with two attached hydrogens (primary N) is 1. The van der Waals surface area contributed by atoms with Gasteiger partial charge in [-0.15, -0.1) is 0 Å². The molecule has 0 aliphatic carbocycles. The molecule has 84 valence electrons. The molecule has 0 spiro atoms. The van der Waals surface area contributed by atoms with Gasteiger partial charge in [0.2, 0.25) is 0 Å². The molecule has 0 aliphatic rings. The Balaban J connectivity index is 2.43. The van der Waals surface area contributed by atoms with Gasteiger partial charge in [-0.2, -0.15) is 0 Å². The summed E-state index contributed by atoms with van der Waals surface area (Å²) in [6.07, 6.45) is -0.0414. The highest BCUT2D eigenvalue weighted by molar-refractivity contribution is 6.34. The summed E-state index contributed by atoms with van der Waals surface area (Å²) in [7, 11) is 0. The third-order valence-corrected chi connectivity index (χ3v) is 2.26. The molecule has 0 saturated heterocycles. The number of rotatable bonds is 5. The van der Waals surface area contributed by atoms with Crippen molar-refractivity contribution in [2.24, 2.45) is 5.73 Å². The van der Waals surface area contributed by atoms with Gasteiger partial charge in [-0.1, -0.05) is 23.2 Å². The molecular weight excluding hydrogens is 237 g/mol. The molecule has 0 saturated carbocycles. The number of aliphatic hydroxyl groups excluding tert-OH is 1. The maximum atomic E-state index is 9.19. The van der Waals surface area contributed by atoms with Crippen LogP contribution in [0.5, 0.6) is 5.75 Å². The third kappa shape index (κ3) is 4.71. The number of hydrogen-bond donors (Lipinski definition) is 2. The number of aliphatic hydroxyl groups is 1. The fraction of sp³-hybridized carbons (Fsp3) is 0.400. The predicted molar refractivity (Wildman–Crippen MR) is 61.6 cm³/mol. The van der Waals surface area contributed by atoms with Gasteiger partial charge in [-0.3, -0.25) is 0 Å². The Morgan fingerprint density at radius 2 is 1.87 bits per heavy atom. The van der Waals surface area contributed by atoms with Crippen LogP contribution in [0.25, 0.3) is 0 Å². The molecule has 15 heavy (non-hydrogen) atoms. The third-order valence-electron chi connectivity index (χ3n) is 1.83. The van der Waals surface area contributed by atoms with Crippen molar-refractivity contribution in [1.29, 1.82) is 0 Å². The molecule has 1 aromatic rings. The Morgan fingerprint density at radius 3 is 2.40 bits per heavy atom. The van der Waals surface area contributed by atoms with Crippen LogP contribution in [-0.2, 0) is 0 Å². The highest BCUT2D eigenvalue weighted by Gasteiger charge is 2.02. The van der Waals surface area contributed by atoms with Crippen LogP contribution in [0.15, 0.2) is 18.2 Å². The van der Waals surface area contributed by atoms with Crippen LogP contribution in [0.2, 0.25) is 10.0 Å². The Hall–Kier alpha value is -0.480. The van der Waals surface area contributed by atoms with E-state index in [-0.39, 0.29) is 6.54 Å². The molecular formula is C10H13Cl2NO2. The monoisotopic (exact) mass is 249 g/mol. The fourth-order valence-corrected chi connectivity index (χ4v) is 1.55. The van der Waals surface area contributed by atoms with Crippen molar-refractivity contribution in [3.63, 3.8) is 0 Å². The smallest absolute Gasteiger partial charge is 0.122 e. The topological polar surface area (TPSA) is 55.5 Å². The summed E-state index contributed by atoms with van der Waals surface area (Å²) in [5.74, 6) is 0.594. The Morgan fingerprint density at radius 1 is 1.27 bits per heavy atom. The lowest BCUT2D eigenvalue weighted by molar-refractivity contribution is 0.146. The second-order valence-electron chi connectivity index (χ2n) is 3.13. The molecule has 0 aliphatic heterocycles. The summed E-state index contributed by atoms with van der Waals surface area (Å²) in [5, 5.41) is 10.2. The van der Waals surface area contributed by atoms with Gasteiger partial charge in [0.05, 0.1) is 12.7 Å². The van der Waals surface area contributed by atoms with Crippen molar-refractivity contribution >= 4 is 23.2 Å². The van der Waals surface area contributed by atoms with Crippen LogP contribution in [-0.4, -0.2) is 24.4 Å². The minimum absolute atomic E-state index is 0.236. The van der Waals surface area contributed by atoms with E-state index in [1.807, 2.05) is 0 Å². The van der Waals surface area contributed by atoms with E-state index in [0.717, 1.165) is 0 Å². The molecule has 1 aromatic carbocycles. The molecule has 1 rings (SSSR count). The van der Waals surface area contributed by atoms with Gasteiger partial charge >= 0.3 is 0 Å². The fourth-order valence-electron chi connectivity index (χ4n) is 1.04. The normalized spacial score (nSPS) is 12.5. The van der Waals surface area contributed by atoms with Gasteiger partial charge in [0, 0.05) is 23.0 Å². The standard InChI is InChI=1S/C10H13Cl2NO2/c11-7-3-8(12)5-10(4-7)15-2-1-9(14)6-13/h3-5,9,14H,1-2,6,13H2. The van der Waals surface area contributed by atoms with Crippen LogP contribution < -0.4 is 10.5 Å². The molecule has 0 fully saturated rings. The Bertz CT molecular complexity index is 300. The summed E-state index contributed by atoms with van der Waals surface area (Å²) in [5.41, 5.74) is 5.25. The summed E-state index contributed by atoms with van der Waals surface area (Å²) in [6, 6.07) is 4.97. The van der Waals surface area contributed by atoms with Crippen LogP contribution in [0.3, 0.4) is 0 Å². The van der Waals surface area contributed by atoms with E-state index in [0.29, 0.717) is 28.8 Å². The quantitative estimate of drug-likeness (QED) is 0.841. The van der Waals surface area contributed by atoms with Gasteiger partial charge in [0.25, 0.3) is 0 Å². The Kier molecular flexibility index (Phi) is 5.19. The zero-order valence-corrected chi connectivity index (χ0v) is 9.63. The van der Waals surface area contributed by atoms with Gasteiger partial charge in [0.1, 0.15) is 5.75 Å². The molecule has 5 heteroatoms. The van der Waals surface area contributed by atoms with Crippen molar-refractivity contribution in [1.82, 2.24) is 0 Å². The van der Waals surface area contributed by atoms with E-state index in [1.54, 1.807) is 18.2 Å². The first kappa shape index (κ1) is 12.6. The minimum Gasteiger partial charge on any atom is -0.493 e. The molecule has 3 N–H and O–H groups in total. The highest BCUT2D eigenvalue weighted by Crippen LogP contribution is 2.24. The summed E-state index contributed by atoms with van der Waals surface area (Å²) >= 11 is 11.6. The molecule has 0 amide bonds. The second kappa shape index (κ2) is 6.18. The maximum Gasteiger partial charge on any atom is 0.122 e. The zero-order valence-electron chi connectivity index (χ0n) is 8.12. The largest absolute Gasteiger partial charge is 0.493 e. The van der Waals surface area contributed by atoms with Crippen molar-refractivity contribution in [3.8, 4) is 5.75 Å². The predicted octanol–water partition coefficient (Wildman–Crippen LogP) is 2.08. The molecule has 1 unspecified atom stereocenters. The van der Waals surface area contributed by atoms with E-state index >= 15 is 0 Å². The molecule has 0 aromatic heterocycles. The van der Waals surface area contributed by atoms with Crippen molar-refractivity contribution < 1.29 is 9.84 Å². The first-order valence-corrected chi connectivity index (χ1v) is 5.34. The van der Waals surface area contributed by atoms with E-state index in [4.69, 9.17) is 33.7 Å². The lowest BCUT2D eigenvalue weighted by Gasteiger charge is -2.09. The first-order valence-electron chi connectivity index (χ1n) is 4.59. The molecule has 0 heterocycles. The van der Waals surface area contributed by atoms with Crippen LogP contribution >= 0.6 is 23.2 Å². The van der Waals surface area contributed by atoms with Crippen LogP contribution in [0, 0.1) is 0 Å². The average Bonchev–Trinajstić information content (AvgIpc) is 2.16. The maximum absolute atomic E-state index is 9.19. The lowest BCUT2D eigenvalue weighted by atomic mass is 10.3. The van der Waals surface area contributed by atoms with E-state index in [1.165, 1.54) is 0 Å². The van der Waals surface area contributed by atoms with Gasteiger partial charge < -0.3 is 15.6 Å². The van der Waals surface area contributed by atoms with E-state index in [9.17, 15) is 5.11 Å². The van der Waals surface area contributed by atoms with Gasteiger partial charge in [-0.25, -0.2) is 0 Å². The molecule has 0 radical (unpaired) electrons. The number of benzene rings is 1. The van der Waals surface area contributed by atoms with Gasteiger partial charge in [0.15, 0.2) is 0 Å². The van der Waals surface area contributed by atoms with E-state index in [2.05, 4.69) is 0 Å². The average molecular weight is 250 g/mol. The van der Waals surface area contributed by atoms with Crippen LogP contribution in [0.4, 0.5) is 0 Å². The van der Waals surface area contributed by atoms with Crippen molar-refractivity contribution in [2.75, 3.05) is 13.2 Å². The summed E-state index contributed by atoms with van der Waals surface area (Å²) < 4.78 is 5.36. The molecule has 1 atom stereocenters. The summed E-state index contributed by atoms with van der Waals surface area (Å²) in [4.78, 5) is 0. The van der Waals surface area contributed by atoms with Crippen molar-refractivity contribution in [2.45, 2.75) is 12.5 Å². The summed E-state index contributed by atoms with van der Waals surface area (Å²) in [6.45, 7) is 0.620. The lowest BCUT2D eigenvalue weighted by Crippen LogP contribution is -2.21. The van der Waals surface area contributed by atoms with E-state index < -0.39 is 6.10 Å². The Labute approximate surface area is 98.7 Å². The number of halogens is 2. The van der Waals surface area contributed by atoms with Gasteiger partial charge in [-0.05, 0) is 18.2 Å². The SMILES string of the molecule is NCC(O)CCOc1cc(Cl)cc(Cl)c1. The number of hydrogen-bond acceptors (Lipinski definition) is 3. The zero-order chi connectivity index (χ0) is 11.3.